The molecule has 0 aliphatic rings. The molecule has 0 bridgehead atoms. The molecule has 0 saturated heterocycles. The van der Waals surface area contributed by atoms with E-state index in [0.717, 1.165) is 0 Å². The smallest absolute Gasteiger partial charge is 0.0591 e. The number of hydrogen-bond donors (Lipinski definition) is 1. The molecule has 0 aliphatic carbocycles. The van der Waals surface area contributed by atoms with E-state index in [1.165, 1.54) is 14.2 Å². The van der Waals surface area contributed by atoms with E-state index in [1.54, 1.807) is 0 Å². The summed E-state index contributed by atoms with van der Waals surface area (Å²) >= 11 is 0. The van der Waals surface area contributed by atoms with Gasteiger partial charge >= 0.3 is 0 Å². The maximum Gasteiger partial charge on any atom is 0.0591 e. The minimum absolute atomic E-state index is 0.0556. The van der Waals surface area contributed by atoms with Crippen molar-refractivity contribution < 1.29 is 9.78 Å². The van der Waals surface area contributed by atoms with Gasteiger partial charge in [0.1, 0.15) is 0 Å². The van der Waals surface area contributed by atoms with Gasteiger partial charge in [-0.2, -0.15) is 10.4 Å². The lowest BCUT2D eigenvalue weighted by Crippen LogP contribution is -2.22. The van der Waals surface area contributed by atoms with Crippen LogP contribution in [0.1, 0.15) is 0 Å². The van der Waals surface area contributed by atoms with Crippen molar-refractivity contribution in [2.45, 2.75) is 0 Å². The van der Waals surface area contributed by atoms with E-state index in [-0.39, 0.29) is 5.39 Å². The summed E-state index contributed by atoms with van der Waals surface area (Å²) in [5.41, 5.74) is 2.11. The Morgan fingerprint density at radius 2 is 2.29 bits per heavy atom. The average molecular weight is 107 g/mol. The molecule has 0 heterocycles. The van der Waals surface area contributed by atoms with Crippen LogP contribution in [0.2, 0.25) is 0 Å². The number of hydrogen-bond acceptors (Lipinski definition) is 5. The summed E-state index contributed by atoms with van der Waals surface area (Å²) in [6.07, 6.45) is 0. The van der Waals surface area contributed by atoms with Gasteiger partial charge in [0.15, 0.2) is 0 Å². The van der Waals surface area contributed by atoms with Crippen LogP contribution in [0.15, 0.2) is 0 Å². The highest BCUT2D eigenvalue weighted by molar-refractivity contribution is 4.10. The SMILES string of the molecule is CNON([O-])OC. The predicted octanol–water partition coefficient (Wildman–Crippen LogP) is -0.586. The third-order valence-electron chi connectivity index (χ3n) is 0.315. The zero-order chi connectivity index (χ0) is 5.70. The zero-order valence-electron chi connectivity index (χ0n) is 4.17. The Hall–Kier alpha value is -0.200. The van der Waals surface area contributed by atoms with Crippen LogP contribution in [0.3, 0.4) is 0 Å². The fourth-order valence-electron chi connectivity index (χ4n) is 0.112. The van der Waals surface area contributed by atoms with Crippen LogP contribution in [0, 0.1) is 5.21 Å². The Labute approximate surface area is 41.3 Å². The summed E-state index contributed by atoms with van der Waals surface area (Å²) in [4.78, 5) is 7.98. The molecule has 1 N–H and O–H groups in total. The topological polar surface area (TPSA) is 56.8 Å². The van der Waals surface area contributed by atoms with E-state index in [1.807, 2.05) is 0 Å². The van der Waals surface area contributed by atoms with Crippen LogP contribution >= 0.6 is 0 Å². The Balaban J connectivity index is 2.83. The van der Waals surface area contributed by atoms with Gasteiger partial charge in [0, 0.05) is 7.05 Å². The Morgan fingerprint density at radius 3 is 2.43 bits per heavy atom. The van der Waals surface area contributed by atoms with E-state index in [4.69, 9.17) is 0 Å². The standard InChI is InChI=1S/C2H7N2O3/c1-3-7-4(5)6-2/h3H,1-2H3/q-1. The van der Waals surface area contributed by atoms with Crippen LogP contribution in [-0.2, 0) is 9.78 Å². The Bertz CT molecular complexity index is 41.9. The lowest BCUT2D eigenvalue weighted by Gasteiger charge is -2.20. The minimum atomic E-state index is -0.0556. The number of nitrogens with one attached hydrogen (secondary N) is 1. The van der Waals surface area contributed by atoms with Crippen molar-refractivity contribution in [3.05, 3.63) is 5.21 Å². The Kier molecular flexibility index (Phi) is 3.86. The molecule has 5 heteroatoms. The second kappa shape index (κ2) is 3.97. The van der Waals surface area contributed by atoms with Crippen molar-refractivity contribution in [1.29, 1.82) is 0 Å². The molecule has 0 fully saturated rings. The molecule has 44 valence electrons. The second-order valence-corrected chi connectivity index (χ2v) is 0.702. The summed E-state index contributed by atoms with van der Waals surface area (Å²) in [6, 6.07) is 0. The fourth-order valence-corrected chi connectivity index (χ4v) is 0.112. The summed E-state index contributed by atoms with van der Waals surface area (Å²) in [6.45, 7) is 0. The zero-order valence-corrected chi connectivity index (χ0v) is 4.17. The summed E-state index contributed by atoms with van der Waals surface area (Å²) < 4.78 is 0. The lowest BCUT2D eigenvalue weighted by atomic mass is 11.6. The monoisotopic (exact) mass is 107 g/mol. The first-order chi connectivity index (χ1) is 3.31. The van der Waals surface area contributed by atoms with Gasteiger partial charge in [-0.15, -0.1) is 5.39 Å². The van der Waals surface area contributed by atoms with Gasteiger partial charge in [0.2, 0.25) is 0 Å². The van der Waals surface area contributed by atoms with E-state index in [9.17, 15) is 5.21 Å². The van der Waals surface area contributed by atoms with Crippen LogP contribution < -0.4 is 5.48 Å². The maximum atomic E-state index is 9.82. The summed E-state index contributed by atoms with van der Waals surface area (Å²) in [5.74, 6) is 0. The fraction of sp³-hybridized carbons (Fsp3) is 1.00. The van der Waals surface area contributed by atoms with Crippen LogP contribution in [0.25, 0.3) is 0 Å². The average Bonchev–Trinajstić information content (AvgIpc) is 1.68. The van der Waals surface area contributed by atoms with Crippen LogP contribution in [0.4, 0.5) is 0 Å². The number of nitrogens with zero attached hydrogens (tertiary/aromatic N) is 1. The highest BCUT2D eigenvalue weighted by Gasteiger charge is 1.77. The van der Waals surface area contributed by atoms with Crippen molar-refractivity contribution in [2.24, 2.45) is 0 Å². The first kappa shape index (κ1) is 6.80. The molecule has 0 unspecified atom stereocenters. The van der Waals surface area contributed by atoms with E-state index in [2.05, 4.69) is 15.3 Å². The van der Waals surface area contributed by atoms with Crippen molar-refractivity contribution in [3.63, 3.8) is 0 Å². The minimum Gasteiger partial charge on any atom is -0.736 e. The molecule has 0 spiro atoms. The quantitative estimate of drug-likeness (QED) is 0.488. The van der Waals surface area contributed by atoms with Crippen molar-refractivity contribution >= 4 is 0 Å². The molecule has 0 aromatic rings. The third-order valence-corrected chi connectivity index (χ3v) is 0.315. The van der Waals surface area contributed by atoms with Crippen LogP contribution in [0.5, 0.6) is 0 Å². The van der Waals surface area contributed by atoms with Crippen LogP contribution in [-0.4, -0.2) is 19.5 Å². The van der Waals surface area contributed by atoms with Gasteiger partial charge in [0.05, 0.1) is 7.11 Å². The van der Waals surface area contributed by atoms with Gasteiger partial charge < -0.3 is 5.21 Å². The molecule has 7 heavy (non-hydrogen) atoms. The number of rotatable bonds is 3. The van der Waals surface area contributed by atoms with Gasteiger partial charge in [-0.05, 0) is 0 Å². The van der Waals surface area contributed by atoms with E-state index < -0.39 is 0 Å². The van der Waals surface area contributed by atoms with E-state index in [0.29, 0.717) is 0 Å². The van der Waals surface area contributed by atoms with Crippen molar-refractivity contribution in [3.8, 4) is 0 Å². The molecule has 0 aromatic heterocycles. The molecule has 0 saturated carbocycles. The lowest BCUT2D eigenvalue weighted by molar-refractivity contribution is -0.349. The molecule has 0 atom stereocenters. The molecule has 0 radical (unpaired) electrons. The van der Waals surface area contributed by atoms with Gasteiger partial charge in [0.25, 0.3) is 0 Å². The largest absolute Gasteiger partial charge is 0.736 e. The molecule has 5 nitrogen and oxygen atoms in total. The van der Waals surface area contributed by atoms with Gasteiger partial charge in [-0.3, -0.25) is 4.84 Å². The third kappa shape index (κ3) is 3.64. The highest BCUT2D eigenvalue weighted by atomic mass is 17.2. The first-order valence-electron chi connectivity index (χ1n) is 1.66. The van der Waals surface area contributed by atoms with Gasteiger partial charge in [-0.25, -0.2) is 0 Å². The molecule has 0 aromatic carbocycles. The van der Waals surface area contributed by atoms with E-state index >= 15 is 0 Å². The predicted molar refractivity (Wildman–Crippen MR) is 22.4 cm³/mol. The molecule has 0 rings (SSSR count). The molecule has 0 aliphatic heterocycles. The highest BCUT2D eigenvalue weighted by Crippen LogP contribution is 1.77. The maximum absolute atomic E-state index is 9.82. The summed E-state index contributed by atoms with van der Waals surface area (Å²) in [7, 11) is 2.65. The summed E-state index contributed by atoms with van der Waals surface area (Å²) in [5, 5.41) is 9.77. The number of hydroxylamine groups is 1. The molecular formula is C2H7N2O3-. The molecule has 0 amide bonds. The second-order valence-electron chi connectivity index (χ2n) is 0.702. The molecular weight excluding hydrogens is 100 g/mol. The van der Waals surface area contributed by atoms with Crippen molar-refractivity contribution in [1.82, 2.24) is 10.9 Å². The first-order valence-corrected chi connectivity index (χ1v) is 1.66. The van der Waals surface area contributed by atoms with Gasteiger partial charge in [-0.1, -0.05) is 0 Å². The normalized spacial score (nSPS) is 10.3. The van der Waals surface area contributed by atoms with Crippen molar-refractivity contribution in [2.75, 3.05) is 14.2 Å². The Morgan fingerprint density at radius 1 is 1.71 bits per heavy atom.